The summed E-state index contributed by atoms with van der Waals surface area (Å²) in [5.41, 5.74) is 1.99. The zero-order chi connectivity index (χ0) is 21.0. The number of rotatable bonds is 7. The van der Waals surface area contributed by atoms with Crippen LogP contribution in [0.15, 0.2) is 59.8 Å². The SMILES string of the molecule is Cc1ccc(C)c(S(=O)(=O)NCCC(=O)Nc2ccc(-n3cccn3)c(F)c2)c1. The van der Waals surface area contributed by atoms with Crippen LogP contribution in [0.1, 0.15) is 17.5 Å². The van der Waals surface area contributed by atoms with Crippen LogP contribution in [0.2, 0.25) is 0 Å². The number of aryl methyl sites for hydroxylation is 2. The van der Waals surface area contributed by atoms with Crippen molar-refractivity contribution in [3.8, 4) is 5.69 Å². The van der Waals surface area contributed by atoms with E-state index in [1.165, 1.54) is 23.0 Å². The summed E-state index contributed by atoms with van der Waals surface area (Å²) in [5.74, 6) is -0.970. The molecule has 152 valence electrons. The molecule has 1 heterocycles. The molecule has 0 spiro atoms. The first-order chi connectivity index (χ1) is 13.8. The number of halogens is 1. The van der Waals surface area contributed by atoms with Crippen molar-refractivity contribution in [2.75, 3.05) is 11.9 Å². The molecule has 29 heavy (non-hydrogen) atoms. The Morgan fingerprint density at radius 3 is 2.66 bits per heavy atom. The minimum absolute atomic E-state index is 0.0740. The standard InChI is InChI=1S/C20H21FN4O3S/c1-14-4-5-15(2)19(12-14)29(27,28)23-10-8-20(26)24-16-6-7-18(17(21)13-16)25-11-3-9-22-25/h3-7,9,11-13,23H,8,10H2,1-2H3,(H,24,26). The first-order valence-corrected chi connectivity index (χ1v) is 10.4. The quantitative estimate of drug-likeness (QED) is 0.619. The zero-order valence-electron chi connectivity index (χ0n) is 16.0. The smallest absolute Gasteiger partial charge is 0.240 e. The molecule has 1 amide bonds. The monoisotopic (exact) mass is 416 g/mol. The highest BCUT2D eigenvalue weighted by molar-refractivity contribution is 7.89. The van der Waals surface area contributed by atoms with Crippen LogP contribution in [0.5, 0.6) is 0 Å². The Morgan fingerprint density at radius 2 is 1.97 bits per heavy atom. The molecule has 0 aliphatic rings. The van der Waals surface area contributed by atoms with Gasteiger partial charge in [-0.1, -0.05) is 12.1 Å². The molecule has 0 atom stereocenters. The summed E-state index contributed by atoms with van der Waals surface area (Å²) in [5, 5.41) is 6.52. The molecule has 0 aliphatic heterocycles. The van der Waals surface area contributed by atoms with Gasteiger partial charge < -0.3 is 5.32 Å². The summed E-state index contributed by atoms with van der Waals surface area (Å²) in [7, 11) is -3.72. The predicted molar refractivity (Wildman–Crippen MR) is 108 cm³/mol. The molecule has 3 rings (SSSR count). The van der Waals surface area contributed by atoms with Crippen LogP contribution in [0.25, 0.3) is 5.69 Å². The van der Waals surface area contributed by atoms with Crippen LogP contribution >= 0.6 is 0 Å². The number of nitrogens with one attached hydrogen (secondary N) is 2. The fourth-order valence-electron chi connectivity index (χ4n) is 2.78. The third-order valence-corrected chi connectivity index (χ3v) is 5.86. The highest BCUT2D eigenvalue weighted by Crippen LogP contribution is 2.18. The molecular weight excluding hydrogens is 395 g/mol. The molecule has 2 aromatic carbocycles. The minimum atomic E-state index is -3.72. The van der Waals surface area contributed by atoms with Gasteiger partial charge in [0, 0.05) is 31.0 Å². The highest BCUT2D eigenvalue weighted by atomic mass is 32.2. The molecule has 9 heteroatoms. The predicted octanol–water partition coefficient (Wildman–Crippen LogP) is 2.94. The maximum atomic E-state index is 14.2. The molecule has 0 unspecified atom stereocenters. The first-order valence-electron chi connectivity index (χ1n) is 8.92. The van der Waals surface area contributed by atoms with E-state index in [2.05, 4.69) is 15.1 Å². The number of sulfonamides is 1. The van der Waals surface area contributed by atoms with Crippen molar-refractivity contribution in [3.05, 3.63) is 71.8 Å². The lowest BCUT2D eigenvalue weighted by Gasteiger charge is -2.11. The lowest BCUT2D eigenvalue weighted by atomic mass is 10.2. The molecule has 0 fully saturated rings. The maximum Gasteiger partial charge on any atom is 0.240 e. The second kappa shape index (κ2) is 8.54. The van der Waals surface area contributed by atoms with Crippen molar-refractivity contribution < 1.29 is 17.6 Å². The summed E-state index contributed by atoms with van der Waals surface area (Å²) in [6, 6.07) is 11.1. The Morgan fingerprint density at radius 1 is 1.17 bits per heavy atom. The van der Waals surface area contributed by atoms with E-state index < -0.39 is 21.7 Å². The normalized spacial score (nSPS) is 11.4. The van der Waals surface area contributed by atoms with E-state index in [4.69, 9.17) is 0 Å². The van der Waals surface area contributed by atoms with Gasteiger partial charge in [-0.15, -0.1) is 0 Å². The lowest BCUT2D eigenvalue weighted by Crippen LogP contribution is -2.28. The Hall–Kier alpha value is -3.04. The molecular formula is C20H21FN4O3S. The van der Waals surface area contributed by atoms with Crippen molar-refractivity contribution in [2.45, 2.75) is 25.2 Å². The summed E-state index contributed by atoms with van der Waals surface area (Å²) >= 11 is 0. The largest absolute Gasteiger partial charge is 0.326 e. The number of nitrogens with zero attached hydrogens (tertiary/aromatic N) is 2. The van der Waals surface area contributed by atoms with Gasteiger partial charge in [-0.3, -0.25) is 4.79 Å². The van der Waals surface area contributed by atoms with E-state index in [-0.39, 0.29) is 29.2 Å². The van der Waals surface area contributed by atoms with Crippen LogP contribution < -0.4 is 10.0 Å². The van der Waals surface area contributed by atoms with Gasteiger partial charge in [0.05, 0.1) is 4.90 Å². The second-order valence-electron chi connectivity index (χ2n) is 6.58. The molecule has 0 saturated carbocycles. The van der Waals surface area contributed by atoms with Crippen LogP contribution in [0.3, 0.4) is 0 Å². The van der Waals surface area contributed by atoms with Crippen molar-refractivity contribution in [2.24, 2.45) is 0 Å². The van der Waals surface area contributed by atoms with E-state index in [0.717, 1.165) is 5.56 Å². The van der Waals surface area contributed by atoms with Gasteiger partial charge in [-0.2, -0.15) is 5.10 Å². The van der Waals surface area contributed by atoms with Gasteiger partial charge in [0.25, 0.3) is 0 Å². The van der Waals surface area contributed by atoms with Gasteiger partial charge in [0.2, 0.25) is 15.9 Å². The Labute approximate surface area is 168 Å². The van der Waals surface area contributed by atoms with Crippen LogP contribution in [-0.2, 0) is 14.8 Å². The van der Waals surface area contributed by atoms with Gasteiger partial charge in [-0.05, 0) is 55.3 Å². The molecule has 2 N–H and O–H groups in total. The molecule has 3 aromatic rings. The number of anilines is 1. The fraction of sp³-hybridized carbons (Fsp3) is 0.200. The molecule has 0 saturated heterocycles. The third-order valence-electron chi connectivity index (χ3n) is 4.26. The van der Waals surface area contributed by atoms with Gasteiger partial charge in [0.15, 0.2) is 5.82 Å². The second-order valence-corrected chi connectivity index (χ2v) is 8.32. The van der Waals surface area contributed by atoms with E-state index in [0.29, 0.717) is 5.56 Å². The van der Waals surface area contributed by atoms with E-state index in [1.54, 1.807) is 37.4 Å². The van der Waals surface area contributed by atoms with E-state index >= 15 is 0 Å². The number of amides is 1. The topological polar surface area (TPSA) is 93.1 Å². The lowest BCUT2D eigenvalue weighted by molar-refractivity contribution is -0.116. The summed E-state index contributed by atoms with van der Waals surface area (Å²) in [4.78, 5) is 12.3. The van der Waals surface area contributed by atoms with Gasteiger partial charge >= 0.3 is 0 Å². The molecule has 7 nitrogen and oxygen atoms in total. The van der Waals surface area contributed by atoms with Gasteiger partial charge in [-0.25, -0.2) is 22.2 Å². The summed E-state index contributed by atoms with van der Waals surface area (Å²) in [6.45, 7) is 3.44. The van der Waals surface area contributed by atoms with Crippen LogP contribution in [0, 0.1) is 19.7 Å². The summed E-state index contributed by atoms with van der Waals surface area (Å²) in [6.07, 6.45) is 3.06. The summed E-state index contributed by atoms with van der Waals surface area (Å²) < 4.78 is 42.9. The Kier molecular flexibility index (Phi) is 6.09. The molecule has 0 radical (unpaired) electrons. The number of carbonyl (C=O) groups excluding carboxylic acids is 1. The Balaban J connectivity index is 1.57. The Bertz CT molecular complexity index is 1130. The molecule has 0 aliphatic carbocycles. The highest BCUT2D eigenvalue weighted by Gasteiger charge is 2.17. The molecule has 0 bridgehead atoms. The number of benzene rings is 2. The zero-order valence-corrected chi connectivity index (χ0v) is 16.8. The fourth-order valence-corrected chi connectivity index (χ4v) is 4.14. The van der Waals surface area contributed by atoms with Crippen LogP contribution in [0.4, 0.5) is 10.1 Å². The van der Waals surface area contributed by atoms with Crippen molar-refractivity contribution in [3.63, 3.8) is 0 Å². The number of hydrogen-bond acceptors (Lipinski definition) is 4. The van der Waals surface area contributed by atoms with E-state index in [9.17, 15) is 17.6 Å². The minimum Gasteiger partial charge on any atom is -0.326 e. The average molecular weight is 416 g/mol. The van der Waals surface area contributed by atoms with E-state index in [1.807, 2.05) is 13.0 Å². The van der Waals surface area contributed by atoms with Gasteiger partial charge in [0.1, 0.15) is 5.69 Å². The van der Waals surface area contributed by atoms with Crippen LogP contribution in [-0.4, -0.2) is 30.7 Å². The van der Waals surface area contributed by atoms with Crippen molar-refractivity contribution in [1.82, 2.24) is 14.5 Å². The van der Waals surface area contributed by atoms with Crippen molar-refractivity contribution in [1.29, 1.82) is 0 Å². The number of aromatic nitrogens is 2. The first kappa shape index (κ1) is 20.7. The maximum absolute atomic E-state index is 14.2. The molecule has 1 aromatic heterocycles. The average Bonchev–Trinajstić information content (AvgIpc) is 3.18. The third kappa shape index (κ3) is 5.07. The van der Waals surface area contributed by atoms with Crippen molar-refractivity contribution >= 4 is 21.6 Å². The number of hydrogen-bond donors (Lipinski definition) is 2. The number of carbonyl (C=O) groups is 1.